The minimum absolute atomic E-state index is 0.178. The second-order valence-corrected chi connectivity index (χ2v) is 13.0. The summed E-state index contributed by atoms with van der Waals surface area (Å²) >= 11 is 0. The first-order valence-corrected chi connectivity index (χ1v) is 16.4. The van der Waals surface area contributed by atoms with Gasteiger partial charge in [0.15, 0.2) is 0 Å². The Hall–Kier alpha value is -5.14. The van der Waals surface area contributed by atoms with Crippen molar-refractivity contribution < 1.29 is 4.42 Å². The monoisotopic (exact) mass is 626 g/mol. The molecule has 51 heavy (non-hydrogen) atoms. The quantitative estimate of drug-likeness (QED) is 0.218. The smallest absolute Gasteiger partial charge is 0.136 e. The third-order valence-electron chi connectivity index (χ3n) is 10.2. The predicted molar refractivity (Wildman–Crippen MR) is 226 cm³/mol. The van der Waals surface area contributed by atoms with Gasteiger partial charge in [0, 0.05) is 10.8 Å². The van der Waals surface area contributed by atoms with E-state index in [1.54, 1.807) is 0 Å². The van der Waals surface area contributed by atoms with Crippen molar-refractivity contribution in [2.24, 2.45) is 0 Å². The van der Waals surface area contributed by atoms with Crippen LogP contribution in [-0.4, -0.2) is 62.8 Å². The third kappa shape index (κ3) is 4.60. The van der Waals surface area contributed by atoms with Crippen molar-refractivity contribution in [3.8, 4) is 33.4 Å². The van der Waals surface area contributed by atoms with Crippen LogP contribution in [0.5, 0.6) is 0 Å². The van der Waals surface area contributed by atoms with E-state index >= 15 is 0 Å². The predicted octanol–water partition coefficient (Wildman–Crippen LogP) is 2.40. The highest BCUT2D eigenvalue weighted by Gasteiger charge is 2.24. The third-order valence-corrected chi connectivity index (χ3v) is 10.2. The number of hydrogen-bond donors (Lipinski definition) is 0. The second kappa shape index (κ2) is 11.7. The van der Waals surface area contributed by atoms with Gasteiger partial charge >= 0.3 is 0 Å². The Morgan fingerprint density at radius 2 is 0.784 bits per heavy atom. The summed E-state index contributed by atoms with van der Waals surface area (Å²) in [5.41, 5.74) is 8.40. The van der Waals surface area contributed by atoms with E-state index in [-0.39, 0.29) is 43.7 Å². The van der Waals surface area contributed by atoms with Gasteiger partial charge in [-0.15, -0.1) is 21.9 Å². The first-order chi connectivity index (χ1) is 24.7. The Bertz CT molecular complexity index is 2850. The maximum Gasteiger partial charge on any atom is 0.136 e. The molecule has 1 aromatic heterocycles. The SMILES string of the molecule is [B]c1c([B])c([B])c2c(-c3ccc(-c4cccc5oc6cc7ccccc7cc6c45)cc3)c3c([B])c([B])c([B])c([B])c3c(-c3ccccc3)c2c1[B]. The highest BCUT2D eigenvalue weighted by Crippen LogP contribution is 2.42. The standard InChI is InChI=1S/C42H18B8O/c43-35-31-28(20-7-2-1-3-8-20)32-34(38(46)42(50)40(48)36(32)44)29(33(31)37(45)41(49)39(35)47)21-15-13-19(14-16-21)24-11-6-12-26-30(24)25-17-22-9-4-5-10-23(22)18-27(25)51-26/h1-18H. The van der Waals surface area contributed by atoms with Gasteiger partial charge in [-0.2, -0.15) is 0 Å². The van der Waals surface area contributed by atoms with Crippen LogP contribution < -0.4 is 43.7 Å². The van der Waals surface area contributed by atoms with Crippen molar-refractivity contribution in [3.05, 3.63) is 109 Å². The lowest BCUT2D eigenvalue weighted by atomic mass is 9.59. The van der Waals surface area contributed by atoms with Crippen LogP contribution in [0.15, 0.2) is 114 Å². The van der Waals surface area contributed by atoms with Crippen LogP contribution in [0.3, 0.4) is 0 Å². The van der Waals surface area contributed by atoms with Crippen molar-refractivity contribution in [2.75, 3.05) is 0 Å². The molecule has 0 aliphatic carbocycles. The van der Waals surface area contributed by atoms with Crippen LogP contribution in [0.4, 0.5) is 0 Å². The Morgan fingerprint density at radius 1 is 0.333 bits per heavy atom. The molecular weight excluding hydrogens is 607 g/mol. The lowest BCUT2D eigenvalue weighted by Crippen LogP contribution is -2.50. The molecule has 1 nitrogen and oxygen atoms in total. The molecule has 0 amide bonds. The maximum atomic E-state index is 6.88. The van der Waals surface area contributed by atoms with Gasteiger partial charge in [-0.1, -0.05) is 113 Å². The molecule has 8 aromatic carbocycles. The molecule has 9 aromatic rings. The molecule has 216 valence electrons. The summed E-state index contributed by atoms with van der Waals surface area (Å²) in [4.78, 5) is 0. The molecule has 0 spiro atoms. The molecule has 0 bridgehead atoms. The van der Waals surface area contributed by atoms with Crippen molar-refractivity contribution >= 4 is 161 Å². The number of furan rings is 1. The summed E-state index contributed by atoms with van der Waals surface area (Å²) in [5, 5.41) is 6.70. The normalized spacial score (nSPS) is 11.8. The van der Waals surface area contributed by atoms with Gasteiger partial charge in [-0.25, -0.2) is 0 Å². The fourth-order valence-electron chi connectivity index (χ4n) is 7.70. The average Bonchev–Trinajstić information content (AvgIpc) is 3.53. The van der Waals surface area contributed by atoms with E-state index in [1.807, 2.05) is 66.7 Å². The van der Waals surface area contributed by atoms with Crippen LogP contribution in [0.1, 0.15) is 0 Å². The molecular formula is C42H18B8O. The van der Waals surface area contributed by atoms with Crippen molar-refractivity contribution in [3.63, 3.8) is 0 Å². The van der Waals surface area contributed by atoms with Crippen LogP contribution in [0.25, 0.3) is 87.6 Å². The van der Waals surface area contributed by atoms with E-state index in [1.165, 1.54) is 0 Å². The van der Waals surface area contributed by atoms with E-state index in [4.69, 9.17) is 67.2 Å². The Balaban J connectivity index is 1.37. The molecule has 9 heteroatoms. The van der Waals surface area contributed by atoms with Crippen molar-refractivity contribution in [2.45, 2.75) is 0 Å². The number of hydrogen-bond acceptors (Lipinski definition) is 1. The molecule has 0 fully saturated rings. The van der Waals surface area contributed by atoms with Crippen LogP contribution in [0, 0.1) is 0 Å². The number of rotatable bonds is 3. The summed E-state index contributed by atoms with van der Waals surface area (Å²) in [6, 6.07) is 36.5. The van der Waals surface area contributed by atoms with Crippen molar-refractivity contribution in [1.82, 2.24) is 0 Å². The molecule has 0 saturated carbocycles. The highest BCUT2D eigenvalue weighted by atomic mass is 16.3. The zero-order valence-corrected chi connectivity index (χ0v) is 27.4. The zero-order valence-electron chi connectivity index (χ0n) is 27.4. The summed E-state index contributed by atoms with van der Waals surface area (Å²) in [5.74, 6) is 0. The summed E-state index contributed by atoms with van der Waals surface area (Å²) < 4.78 is 6.35. The van der Waals surface area contributed by atoms with E-state index in [0.29, 0.717) is 32.7 Å². The average molecular weight is 625 g/mol. The summed E-state index contributed by atoms with van der Waals surface area (Å²) in [6.45, 7) is 0. The fourth-order valence-corrected chi connectivity index (χ4v) is 7.70. The van der Waals surface area contributed by atoms with E-state index < -0.39 is 0 Å². The summed E-state index contributed by atoms with van der Waals surface area (Å²) in [6.07, 6.45) is 0. The lowest BCUT2D eigenvalue weighted by Gasteiger charge is -2.28. The largest absolute Gasteiger partial charge is 0.456 e. The van der Waals surface area contributed by atoms with Gasteiger partial charge in [0.2, 0.25) is 0 Å². The van der Waals surface area contributed by atoms with E-state index in [2.05, 4.69) is 42.5 Å². The number of fused-ring (bicyclic) bond motifs is 6. The van der Waals surface area contributed by atoms with Gasteiger partial charge in [0.1, 0.15) is 73.9 Å². The Labute approximate surface area is 306 Å². The van der Waals surface area contributed by atoms with Gasteiger partial charge in [0.05, 0.1) is 0 Å². The fraction of sp³-hybridized carbons (Fsp3) is 0. The van der Waals surface area contributed by atoms with E-state index in [0.717, 1.165) is 55.0 Å². The van der Waals surface area contributed by atoms with Gasteiger partial charge in [-0.05, 0) is 83.9 Å². The second-order valence-electron chi connectivity index (χ2n) is 13.0. The molecule has 0 atom stereocenters. The summed E-state index contributed by atoms with van der Waals surface area (Å²) in [7, 11) is 53.5. The molecule has 9 rings (SSSR count). The minimum Gasteiger partial charge on any atom is -0.456 e. The van der Waals surface area contributed by atoms with Crippen LogP contribution in [0.2, 0.25) is 0 Å². The lowest BCUT2D eigenvalue weighted by molar-refractivity contribution is 0.669. The maximum absolute atomic E-state index is 6.88. The van der Waals surface area contributed by atoms with Crippen LogP contribution >= 0.6 is 0 Å². The first-order valence-electron chi connectivity index (χ1n) is 16.4. The molecule has 0 unspecified atom stereocenters. The Kier molecular flexibility index (Phi) is 7.30. The van der Waals surface area contributed by atoms with Crippen molar-refractivity contribution in [1.29, 1.82) is 0 Å². The topological polar surface area (TPSA) is 13.1 Å². The van der Waals surface area contributed by atoms with Crippen LogP contribution in [-0.2, 0) is 0 Å². The highest BCUT2D eigenvalue weighted by molar-refractivity contribution is 6.71. The zero-order chi connectivity index (χ0) is 35.3. The molecule has 0 saturated heterocycles. The number of benzene rings is 8. The molecule has 16 radical (unpaired) electrons. The Morgan fingerprint density at radius 3 is 1.31 bits per heavy atom. The molecule has 0 aliphatic heterocycles. The van der Waals surface area contributed by atoms with Gasteiger partial charge < -0.3 is 4.42 Å². The molecule has 0 aliphatic rings. The van der Waals surface area contributed by atoms with E-state index in [9.17, 15) is 0 Å². The van der Waals surface area contributed by atoms with Gasteiger partial charge in [-0.3, -0.25) is 0 Å². The molecule has 1 heterocycles. The first kappa shape index (κ1) is 31.8. The molecule has 0 N–H and O–H groups in total. The minimum atomic E-state index is 0.178. The van der Waals surface area contributed by atoms with Gasteiger partial charge in [0.25, 0.3) is 0 Å².